The van der Waals surface area contributed by atoms with Gasteiger partial charge in [-0.1, -0.05) is 12.8 Å². The van der Waals surface area contributed by atoms with Gasteiger partial charge in [-0.05, 0) is 33.2 Å². The van der Waals surface area contributed by atoms with E-state index < -0.39 is 0 Å². The van der Waals surface area contributed by atoms with Crippen molar-refractivity contribution in [1.82, 2.24) is 4.98 Å². The van der Waals surface area contributed by atoms with Crippen molar-refractivity contribution in [2.24, 2.45) is 5.73 Å². The first-order valence-corrected chi connectivity index (χ1v) is 7.31. The fourth-order valence-electron chi connectivity index (χ4n) is 2.34. The minimum Gasteiger partial charge on any atom is -0.496 e. The zero-order valence-electron chi connectivity index (χ0n) is 12.9. The molecule has 2 N–H and O–H groups in total. The summed E-state index contributed by atoms with van der Waals surface area (Å²) < 4.78 is 5.36. The molecule has 0 fully saturated rings. The third-order valence-electron chi connectivity index (χ3n) is 3.52. The zero-order valence-corrected chi connectivity index (χ0v) is 12.9. The van der Waals surface area contributed by atoms with Gasteiger partial charge >= 0.3 is 0 Å². The Kier molecular flexibility index (Phi) is 7.23. The summed E-state index contributed by atoms with van der Waals surface area (Å²) in [6.07, 6.45) is 6.98. The van der Waals surface area contributed by atoms with Crippen molar-refractivity contribution in [3.63, 3.8) is 0 Å². The lowest BCUT2D eigenvalue weighted by Crippen LogP contribution is -2.08. The van der Waals surface area contributed by atoms with Gasteiger partial charge in [0.25, 0.3) is 0 Å². The number of carbonyl (C=O) groups is 1. The molecule has 0 amide bonds. The monoisotopic (exact) mass is 278 g/mol. The van der Waals surface area contributed by atoms with Crippen molar-refractivity contribution in [1.29, 1.82) is 0 Å². The first-order chi connectivity index (χ1) is 9.60. The lowest BCUT2D eigenvalue weighted by Gasteiger charge is -2.11. The van der Waals surface area contributed by atoms with Gasteiger partial charge in [0.15, 0.2) is 0 Å². The molecule has 0 bridgehead atoms. The molecule has 0 aromatic carbocycles. The van der Waals surface area contributed by atoms with Crippen molar-refractivity contribution in [2.45, 2.75) is 52.4 Å². The highest BCUT2D eigenvalue weighted by Crippen LogP contribution is 2.24. The van der Waals surface area contributed by atoms with Gasteiger partial charge in [0, 0.05) is 30.2 Å². The molecule has 0 unspecified atom stereocenters. The molecule has 20 heavy (non-hydrogen) atoms. The van der Waals surface area contributed by atoms with Gasteiger partial charge in [-0.25, -0.2) is 0 Å². The van der Waals surface area contributed by atoms with Gasteiger partial charge in [-0.2, -0.15) is 0 Å². The summed E-state index contributed by atoms with van der Waals surface area (Å²) in [7, 11) is 1.65. The highest BCUT2D eigenvalue weighted by molar-refractivity contribution is 5.80. The van der Waals surface area contributed by atoms with E-state index in [2.05, 4.69) is 4.98 Å². The Labute approximate surface area is 121 Å². The summed E-state index contributed by atoms with van der Waals surface area (Å²) in [6.45, 7) is 4.66. The molecule has 0 atom stereocenters. The molecular formula is C16H26N2O2. The Morgan fingerprint density at radius 1 is 1.25 bits per heavy atom. The second-order valence-corrected chi connectivity index (χ2v) is 5.21. The molecule has 0 saturated heterocycles. The lowest BCUT2D eigenvalue weighted by molar-refractivity contribution is -0.118. The highest BCUT2D eigenvalue weighted by atomic mass is 16.5. The normalized spacial score (nSPS) is 10.6. The molecule has 0 aliphatic rings. The van der Waals surface area contributed by atoms with Crippen LogP contribution < -0.4 is 10.5 Å². The standard InChI is InChI=1S/C16H26N2O2/c1-12-11-18-15(13(2)16(12)20-3)10-14(19)8-6-4-5-7-9-17/h11H,4-10,17H2,1-3H3. The Morgan fingerprint density at radius 3 is 2.60 bits per heavy atom. The first kappa shape index (κ1) is 16.6. The largest absolute Gasteiger partial charge is 0.496 e. The molecule has 1 heterocycles. The van der Waals surface area contributed by atoms with Crippen LogP contribution >= 0.6 is 0 Å². The van der Waals surface area contributed by atoms with Crippen LogP contribution in [0.4, 0.5) is 0 Å². The Hall–Kier alpha value is -1.42. The molecule has 0 aliphatic carbocycles. The SMILES string of the molecule is COc1c(C)cnc(CC(=O)CCCCCCN)c1C. The van der Waals surface area contributed by atoms with E-state index in [1.165, 1.54) is 0 Å². The molecular weight excluding hydrogens is 252 g/mol. The van der Waals surface area contributed by atoms with Crippen LogP contribution in [0.2, 0.25) is 0 Å². The van der Waals surface area contributed by atoms with Crippen molar-refractivity contribution in [3.05, 3.63) is 23.0 Å². The summed E-state index contributed by atoms with van der Waals surface area (Å²) in [4.78, 5) is 16.3. The van der Waals surface area contributed by atoms with E-state index in [4.69, 9.17) is 10.5 Å². The highest BCUT2D eigenvalue weighted by Gasteiger charge is 2.12. The maximum atomic E-state index is 12.0. The number of methoxy groups -OCH3 is 1. The van der Waals surface area contributed by atoms with Crippen molar-refractivity contribution < 1.29 is 9.53 Å². The maximum Gasteiger partial charge on any atom is 0.138 e. The molecule has 0 radical (unpaired) electrons. The van der Waals surface area contributed by atoms with Gasteiger partial charge in [0.1, 0.15) is 11.5 Å². The Morgan fingerprint density at radius 2 is 1.95 bits per heavy atom. The van der Waals surface area contributed by atoms with Gasteiger partial charge in [-0.15, -0.1) is 0 Å². The Balaban J connectivity index is 2.50. The number of pyridine rings is 1. The number of ether oxygens (including phenoxy) is 1. The molecule has 1 rings (SSSR count). The molecule has 0 aliphatic heterocycles. The van der Waals surface area contributed by atoms with Gasteiger partial charge in [-0.3, -0.25) is 9.78 Å². The smallest absolute Gasteiger partial charge is 0.138 e. The number of unbranched alkanes of at least 4 members (excludes halogenated alkanes) is 3. The molecule has 0 saturated carbocycles. The van der Waals surface area contributed by atoms with Gasteiger partial charge in [0.05, 0.1) is 12.8 Å². The number of nitrogens with two attached hydrogens (primary N) is 1. The van der Waals surface area contributed by atoms with E-state index in [1.807, 2.05) is 13.8 Å². The quantitative estimate of drug-likeness (QED) is 0.705. The van der Waals surface area contributed by atoms with Crippen LogP contribution in [-0.4, -0.2) is 24.4 Å². The topological polar surface area (TPSA) is 65.2 Å². The summed E-state index contributed by atoms with van der Waals surface area (Å²) in [5.74, 6) is 1.09. The van der Waals surface area contributed by atoms with E-state index in [9.17, 15) is 4.79 Å². The van der Waals surface area contributed by atoms with E-state index >= 15 is 0 Å². The second kappa shape index (κ2) is 8.69. The molecule has 0 spiro atoms. The average molecular weight is 278 g/mol. The van der Waals surface area contributed by atoms with Gasteiger partial charge < -0.3 is 10.5 Å². The minimum absolute atomic E-state index is 0.249. The predicted octanol–water partition coefficient (Wildman–Crippen LogP) is 2.73. The van der Waals surface area contributed by atoms with Crippen LogP contribution in [0.15, 0.2) is 6.20 Å². The number of rotatable bonds is 9. The number of aryl methyl sites for hydroxylation is 1. The van der Waals surface area contributed by atoms with Crippen LogP contribution in [0.1, 0.15) is 48.9 Å². The number of aromatic nitrogens is 1. The second-order valence-electron chi connectivity index (χ2n) is 5.21. The van der Waals surface area contributed by atoms with Crippen molar-refractivity contribution in [3.8, 4) is 5.75 Å². The predicted molar refractivity (Wildman–Crippen MR) is 81.1 cm³/mol. The molecule has 4 heteroatoms. The number of carbonyl (C=O) groups excluding carboxylic acids is 1. The average Bonchev–Trinajstić information content (AvgIpc) is 2.42. The molecule has 4 nitrogen and oxygen atoms in total. The van der Waals surface area contributed by atoms with E-state index in [0.717, 1.165) is 54.8 Å². The summed E-state index contributed by atoms with van der Waals surface area (Å²) in [5, 5.41) is 0. The van der Waals surface area contributed by atoms with Gasteiger partial charge in [0.2, 0.25) is 0 Å². The summed E-state index contributed by atoms with van der Waals surface area (Å²) in [6, 6.07) is 0. The minimum atomic E-state index is 0.249. The molecule has 1 aromatic rings. The van der Waals surface area contributed by atoms with E-state index in [0.29, 0.717) is 12.8 Å². The number of ketones is 1. The fraction of sp³-hybridized carbons (Fsp3) is 0.625. The van der Waals surface area contributed by atoms with Crippen LogP contribution in [0.5, 0.6) is 5.75 Å². The van der Waals surface area contributed by atoms with Crippen LogP contribution in [0, 0.1) is 13.8 Å². The van der Waals surface area contributed by atoms with E-state index in [1.54, 1.807) is 13.3 Å². The van der Waals surface area contributed by atoms with Crippen molar-refractivity contribution >= 4 is 5.78 Å². The number of Topliss-reactive ketones (excluding diaryl/α,β-unsaturated/α-hetero) is 1. The van der Waals surface area contributed by atoms with Crippen molar-refractivity contribution in [2.75, 3.05) is 13.7 Å². The number of nitrogens with zero attached hydrogens (tertiary/aromatic N) is 1. The Bertz CT molecular complexity index is 444. The van der Waals surface area contributed by atoms with Crippen LogP contribution in [0.25, 0.3) is 0 Å². The number of hydrogen-bond acceptors (Lipinski definition) is 4. The van der Waals surface area contributed by atoms with Crippen LogP contribution in [-0.2, 0) is 11.2 Å². The van der Waals surface area contributed by atoms with Crippen LogP contribution in [0.3, 0.4) is 0 Å². The third-order valence-corrected chi connectivity index (χ3v) is 3.52. The first-order valence-electron chi connectivity index (χ1n) is 7.31. The number of hydrogen-bond donors (Lipinski definition) is 1. The van der Waals surface area contributed by atoms with E-state index in [-0.39, 0.29) is 5.78 Å². The zero-order chi connectivity index (χ0) is 15.0. The summed E-state index contributed by atoms with van der Waals surface area (Å²) in [5.41, 5.74) is 8.25. The molecule has 1 aromatic heterocycles. The fourth-order valence-corrected chi connectivity index (χ4v) is 2.34. The lowest BCUT2D eigenvalue weighted by atomic mass is 10.0. The third kappa shape index (κ3) is 4.93. The maximum absolute atomic E-state index is 12.0. The molecule has 112 valence electrons. The summed E-state index contributed by atoms with van der Waals surface area (Å²) >= 11 is 0.